The zero-order chi connectivity index (χ0) is 14.0. The molecule has 0 fully saturated rings. The molecule has 0 unspecified atom stereocenters. The summed E-state index contributed by atoms with van der Waals surface area (Å²) in [6.45, 7) is 1.63. The molecule has 1 aromatic carbocycles. The number of hydrogen-bond acceptors (Lipinski definition) is 3. The van der Waals surface area contributed by atoms with Gasteiger partial charge in [-0.1, -0.05) is 29.3 Å². The number of nitrogens with zero attached hydrogens (tertiary/aromatic N) is 2. The van der Waals surface area contributed by atoms with Gasteiger partial charge in [-0.05, 0) is 24.6 Å². The van der Waals surface area contributed by atoms with E-state index in [1.165, 1.54) is 6.20 Å². The fourth-order valence-corrected chi connectivity index (χ4v) is 2.41. The monoisotopic (exact) mass is 292 g/mol. The minimum Gasteiger partial charge on any atom is -0.389 e. The molecule has 0 amide bonds. The Bertz CT molecular complexity index is 663. The Balaban J connectivity index is 2.63. The lowest BCUT2D eigenvalue weighted by molar-refractivity contribution is 0.200. The second-order valence-electron chi connectivity index (χ2n) is 4.06. The van der Waals surface area contributed by atoms with Crippen LogP contribution in [-0.4, -0.2) is 10.1 Å². The van der Waals surface area contributed by atoms with Crippen LogP contribution in [0.2, 0.25) is 10.0 Å². The first-order valence-corrected chi connectivity index (χ1v) is 6.31. The lowest BCUT2D eigenvalue weighted by Gasteiger charge is -2.13. The number of aromatic nitrogens is 1. The number of aliphatic hydroxyl groups is 1. The van der Waals surface area contributed by atoms with E-state index in [4.69, 9.17) is 28.5 Å². The zero-order valence-corrected chi connectivity index (χ0v) is 11.6. The van der Waals surface area contributed by atoms with E-state index in [-0.39, 0.29) is 0 Å². The highest BCUT2D eigenvalue weighted by Gasteiger charge is 2.15. The van der Waals surface area contributed by atoms with Crippen molar-refractivity contribution in [1.82, 2.24) is 4.98 Å². The van der Waals surface area contributed by atoms with E-state index in [2.05, 4.69) is 4.98 Å². The standard InChI is InChI=1S/C14H10Cl2N2O/c1-8(19)14-11(6-18-7-13(14)16)9-2-3-10(5-17)12(15)4-9/h2-4,6-8,19H,1H3/t8-/m0/s1. The second-order valence-corrected chi connectivity index (χ2v) is 4.88. The Morgan fingerprint density at radius 3 is 2.58 bits per heavy atom. The second kappa shape index (κ2) is 5.58. The largest absolute Gasteiger partial charge is 0.389 e. The fraction of sp³-hybridized carbons (Fsp3) is 0.143. The van der Waals surface area contributed by atoms with Gasteiger partial charge in [0, 0.05) is 23.5 Å². The molecular formula is C14H10Cl2N2O. The maximum absolute atomic E-state index is 9.82. The van der Waals surface area contributed by atoms with Crippen LogP contribution in [0.25, 0.3) is 11.1 Å². The minimum atomic E-state index is -0.722. The highest BCUT2D eigenvalue weighted by molar-refractivity contribution is 6.32. The van der Waals surface area contributed by atoms with Crippen molar-refractivity contribution in [3.8, 4) is 17.2 Å². The molecule has 0 bridgehead atoms. The van der Waals surface area contributed by atoms with E-state index in [1.54, 1.807) is 31.3 Å². The molecule has 0 aliphatic heterocycles. The van der Waals surface area contributed by atoms with Gasteiger partial charge in [0.05, 0.1) is 21.7 Å². The van der Waals surface area contributed by atoms with Gasteiger partial charge in [0.1, 0.15) is 6.07 Å². The van der Waals surface area contributed by atoms with Crippen molar-refractivity contribution in [3.63, 3.8) is 0 Å². The molecule has 0 saturated carbocycles. The van der Waals surface area contributed by atoms with Gasteiger partial charge in [-0.3, -0.25) is 4.98 Å². The zero-order valence-electron chi connectivity index (χ0n) is 10.1. The Morgan fingerprint density at radius 2 is 2.00 bits per heavy atom. The number of aliphatic hydroxyl groups excluding tert-OH is 1. The maximum Gasteiger partial charge on any atom is 0.101 e. The first-order valence-electron chi connectivity index (χ1n) is 5.56. The summed E-state index contributed by atoms with van der Waals surface area (Å²) in [6, 6.07) is 7.05. The van der Waals surface area contributed by atoms with Crippen molar-refractivity contribution < 1.29 is 5.11 Å². The third-order valence-electron chi connectivity index (χ3n) is 2.76. The minimum absolute atomic E-state index is 0.358. The van der Waals surface area contributed by atoms with Crippen LogP contribution in [-0.2, 0) is 0 Å². The van der Waals surface area contributed by atoms with E-state index in [9.17, 15) is 5.11 Å². The van der Waals surface area contributed by atoms with Crippen molar-refractivity contribution in [1.29, 1.82) is 5.26 Å². The number of hydrogen-bond donors (Lipinski definition) is 1. The van der Waals surface area contributed by atoms with Crippen molar-refractivity contribution >= 4 is 23.2 Å². The van der Waals surface area contributed by atoms with Crippen LogP contribution in [0.1, 0.15) is 24.2 Å². The first kappa shape index (κ1) is 13.8. The SMILES string of the molecule is C[C@H](O)c1c(Cl)cncc1-c1ccc(C#N)c(Cl)c1. The lowest BCUT2D eigenvalue weighted by atomic mass is 9.98. The van der Waals surface area contributed by atoms with Gasteiger partial charge in [0.2, 0.25) is 0 Å². The predicted molar refractivity (Wildman–Crippen MR) is 75.0 cm³/mol. The first-order chi connectivity index (χ1) is 9.04. The van der Waals surface area contributed by atoms with Crippen LogP contribution in [0.4, 0.5) is 0 Å². The smallest absolute Gasteiger partial charge is 0.101 e. The van der Waals surface area contributed by atoms with E-state index in [0.717, 1.165) is 5.56 Å². The van der Waals surface area contributed by atoms with Gasteiger partial charge < -0.3 is 5.11 Å². The normalized spacial score (nSPS) is 11.9. The highest BCUT2D eigenvalue weighted by atomic mass is 35.5. The third kappa shape index (κ3) is 2.71. The molecule has 0 radical (unpaired) electrons. The Morgan fingerprint density at radius 1 is 1.26 bits per heavy atom. The van der Waals surface area contributed by atoms with Gasteiger partial charge in [-0.25, -0.2) is 0 Å². The van der Waals surface area contributed by atoms with Crippen LogP contribution < -0.4 is 0 Å². The van der Waals surface area contributed by atoms with Crippen LogP contribution in [0, 0.1) is 11.3 Å². The molecule has 19 heavy (non-hydrogen) atoms. The molecule has 2 rings (SSSR count). The Kier molecular flexibility index (Phi) is 4.06. The lowest BCUT2D eigenvalue weighted by Crippen LogP contribution is -1.98. The van der Waals surface area contributed by atoms with Crippen molar-refractivity contribution in [2.24, 2.45) is 0 Å². The molecule has 1 heterocycles. The van der Waals surface area contributed by atoms with Crippen molar-refractivity contribution in [2.45, 2.75) is 13.0 Å². The molecule has 1 aromatic heterocycles. The van der Waals surface area contributed by atoms with Gasteiger partial charge in [-0.2, -0.15) is 5.26 Å². The Hall–Kier alpha value is -1.60. The summed E-state index contributed by atoms with van der Waals surface area (Å²) < 4.78 is 0. The molecular weight excluding hydrogens is 283 g/mol. The number of halogens is 2. The third-order valence-corrected chi connectivity index (χ3v) is 3.37. The van der Waals surface area contributed by atoms with Crippen LogP contribution >= 0.6 is 23.2 Å². The van der Waals surface area contributed by atoms with Gasteiger partial charge >= 0.3 is 0 Å². The van der Waals surface area contributed by atoms with Crippen LogP contribution in [0.5, 0.6) is 0 Å². The number of benzene rings is 1. The van der Waals surface area contributed by atoms with E-state index in [1.807, 2.05) is 6.07 Å². The molecule has 1 atom stereocenters. The summed E-state index contributed by atoms with van der Waals surface area (Å²) >= 11 is 12.1. The molecule has 2 aromatic rings. The molecule has 0 aliphatic carbocycles. The number of nitriles is 1. The molecule has 0 spiro atoms. The van der Waals surface area contributed by atoms with Gasteiger partial charge in [0.15, 0.2) is 0 Å². The molecule has 1 N–H and O–H groups in total. The topological polar surface area (TPSA) is 56.9 Å². The summed E-state index contributed by atoms with van der Waals surface area (Å²) in [5.41, 5.74) is 2.46. The highest BCUT2D eigenvalue weighted by Crippen LogP contribution is 2.34. The average molecular weight is 293 g/mol. The van der Waals surface area contributed by atoms with Crippen LogP contribution in [0.3, 0.4) is 0 Å². The Labute approximate surface area is 121 Å². The molecule has 96 valence electrons. The summed E-state index contributed by atoms with van der Waals surface area (Å²) in [5.74, 6) is 0. The number of pyridine rings is 1. The predicted octanol–water partition coefficient (Wildman–Crippen LogP) is 3.98. The number of rotatable bonds is 2. The fourth-order valence-electron chi connectivity index (χ4n) is 1.87. The van der Waals surface area contributed by atoms with E-state index >= 15 is 0 Å². The average Bonchev–Trinajstić information content (AvgIpc) is 2.37. The molecule has 3 nitrogen and oxygen atoms in total. The van der Waals surface area contributed by atoms with E-state index < -0.39 is 6.10 Å². The van der Waals surface area contributed by atoms with E-state index in [0.29, 0.717) is 26.7 Å². The summed E-state index contributed by atoms with van der Waals surface area (Å²) in [7, 11) is 0. The summed E-state index contributed by atoms with van der Waals surface area (Å²) in [4.78, 5) is 4.02. The summed E-state index contributed by atoms with van der Waals surface area (Å²) in [6.07, 6.45) is 2.38. The maximum atomic E-state index is 9.82. The molecule has 5 heteroatoms. The van der Waals surface area contributed by atoms with Gasteiger partial charge in [0.25, 0.3) is 0 Å². The van der Waals surface area contributed by atoms with Crippen molar-refractivity contribution in [2.75, 3.05) is 0 Å². The van der Waals surface area contributed by atoms with Crippen molar-refractivity contribution in [3.05, 3.63) is 51.8 Å². The molecule has 0 aliphatic rings. The quantitative estimate of drug-likeness (QED) is 0.911. The van der Waals surface area contributed by atoms with Gasteiger partial charge in [-0.15, -0.1) is 0 Å². The molecule has 0 saturated heterocycles. The van der Waals surface area contributed by atoms with Crippen LogP contribution in [0.15, 0.2) is 30.6 Å². The summed E-state index contributed by atoms with van der Waals surface area (Å²) in [5, 5.41) is 19.4.